The molecular formula is C15H20N2O4. The Morgan fingerprint density at radius 3 is 2.71 bits per heavy atom. The molecule has 0 radical (unpaired) electrons. The van der Waals surface area contributed by atoms with Crippen LogP contribution in [0, 0.1) is 0 Å². The van der Waals surface area contributed by atoms with Crippen LogP contribution in [0.15, 0.2) is 6.07 Å². The van der Waals surface area contributed by atoms with Gasteiger partial charge in [-0.25, -0.2) is 4.79 Å². The number of ether oxygens (including phenoxy) is 1. The zero-order chi connectivity index (χ0) is 15.1. The quantitative estimate of drug-likeness (QED) is 0.903. The molecule has 3 heterocycles. The van der Waals surface area contributed by atoms with Gasteiger partial charge in [0.25, 0.3) is 5.91 Å². The van der Waals surface area contributed by atoms with Crippen molar-refractivity contribution in [3.63, 3.8) is 0 Å². The lowest BCUT2D eigenvalue weighted by Crippen LogP contribution is -2.36. The van der Waals surface area contributed by atoms with Gasteiger partial charge in [-0.2, -0.15) is 0 Å². The highest BCUT2D eigenvalue weighted by Gasteiger charge is 2.33. The molecule has 2 atom stereocenters. The zero-order valence-electron chi connectivity index (χ0n) is 12.3. The summed E-state index contributed by atoms with van der Waals surface area (Å²) in [5.41, 5.74) is 1.26. The summed E-state index contributed by atoms with van der Waals surface area (Å²) in [5.74, 6) is -1.08. The lowest BCUT2D eigenvalue weighted by molar-refractivity contribution is 0.0294. The largest absolute Gasteiger partial charge is 0.478 e. The van der Waals surface area contributed by atoms with E-state index in [4.69, 9.17) is 4.74 Å². The second-order valence-electron chi connectivity index (χ2n) is 5.79. The number of rotatable bonds is 2. The maximum Gasteiger partial charge on any atom is 0.337 e. The lowest BCUT2D eigenvalue weighted by Gasteiger charge is -2.26. The van der Waals surface area contributed by atoms with Crippen molar-refractivity contribution in [2.45, 2.75) is 45.4 Å². The van der Waals surface area contributed by atoms with Gasteiger partial charge in [0.2, 0.25) is 0 Å². The Bertz CT molecular complexity index is 593. The molecule has 0 aliphatic carbocycles. The van der Waals surface area contributed by atoms with E-state index >= 15 is 0 Å². The number of aromatic nitrogens is 1. The molecule has 6 heteroatoms. The topological polar surface area (TPSA) is 71.8 Å². The van der Waals surface area contributed by atoms with Crippen LogP contribution in [-0.4, -0.2) is 45.6 Å². The fourth-order valence-corrected chi connectivity index (χ4v) is 3.37. The van der Waals surface area contributed by atoms with Crippen molar-refractivity contribution in [1.29, 1.82) is 0 Å². The average molecular weight is 292 g/mol. The minimum Gasteiger partial charge on any atom is -0.478 e. The van der Waals surface area contributed by atoms with Gasteiger partial charge >= 0.3 is 5.97 Å². The highest BCUT2D eigenvalue weighted by molar-refractivity contribution is 5.98. The van der Waals surface area contributed by atoms with Gasteiger partial charge in [-0.1, -0.05) is 0 Å². The summed E-state index contributed by atoms with van der Waals surface area (Å²) in [4.78, 5) is 26.0. The van der Waals surface area contributed by atoms with E-state index < -0.39 is 5.97 Å². The van der Waals surface area contributed by atoms with E-state index in [1.807, 2.05) is 23.3 Å². The van der Waals surface area contributed by atoms with Crippen molar-refractivity contribution < 1.29 is 19.4 Å². The number of carboxylic acids is 1. The smallest absolute Gasteiger partial charge is 0.337 e. The Balaban J connectivity index is 2.05. The van der Waals surface area contributed by atoms with Gasteiger partial charge in [0.1, 0.15) is 5.69 Å². The van der Waals surface area contributed by atoms with Crippen molar-refractivity contribution in [3.05, 3.63) is 23.0 Å². The standard InChI is InChI=1S/C15H20N2O4/c1-9-4-3-5-16(9)14(18)12-8-11(15(19)20)13-10(2)21-7-6-17(12)13/h8-10H,3-7H2,1-2H3,(H,19,20). The van der Waals surface area contributed by atoms with Crippen LogP contribution in [0.2, 0.25) is 0 Å². The molecule has 0 saturated carbocycles. The minimum atomic E-state index is -1.01. The number of likely N-dealkylation sites (tertiary alicyclic amines) is 1. The van der Waals surface area contributed by atoms with Gasteiger partial charge in [-0.15, -0.1) is 0 Å². The normalized spacial score (nSPS) is 25.0. The Hall–Kier alpha value is -1.82. The Labute approximate surface area is 123 Å². The monoisotopic (exact) mass is 292 g/mol. The SMILES string of the molecule is CC1OCCn2c(C(=O)N3CCCC3C)cc(C(=O)O)c21. The molecule has 3 rings (SSSR count). The van der Waals surface area contributed by atoms with Crippen molar-refractivity contribution in [2.24, 2.45) is 0 Å². The second kappa shape index (κ2) is 5.18. The Kier molecular flexibility index (Phi) is 3.49. The van der Waals surface area contributed by atoms with Crippen molar-refractivity contribution in [1.82, 2.24) is 9.47 Å². The lowest BCUT2D eigenvalue weighted by atomic mass is 10.1. The van der Waals surface area contributed by atoms with Gasteiger partial charge in [0.05, 0.1) is 24.0 Å². The van der Waals surface area contributed by atoms with Gasteiger partial charge in [-0.05, 0) is 32.8 Å². The van der Waals surface area contributed by atoms with E-state index in [1.165, 1.54) is 6.07 Å². The number of carbonyl (C=O) groups is 2. The van der Waals surface area contributed by atoms with Crippen LogP contribution >= 0.6 is 0 Å². The van der Waals surface area contributed by atoms with Crippen molar-refractivity contribution in [2.75, 3.05) is 13.2 Å². The third-order valence-corrected chi connectivity index (χ3v) is 4.47. The van der Waals surface area contributed by atoms with Crippen molar-refractivity contribution >= 4 is 11.9 Å². The molecular weight excluding hydrogens is 272 g/mol. The molecule has 1 N–H and O–H groups in total. The van der Waals surface area contributed by atoms with Crippen LogP contribution in [0.1, 0.15) is 59.3 Å². The van der Waals surface area contributed by atoms with Crippen LogP contribution in [0.3, 0.4) is 0 Å². The summed E-state index contributed by atoms with van der Waals surface area (Å²) in [6.07, 6.45) is 1.71. The molecule has 0 spiro atoms. The van der Waals surface area contributed by atoms with Crippen LogP contribution < -0.4 is 0 Å². The molecule has 2 unspecified atom stereocenters. The first kappa shape index (κ1) is 14.1. The Morgan fingerprint density at radius 2 is 2.10 bits per heavy atom. The molecule has 6 nitrogen and oxygen atoms in total. The molecule has 0 bridgehead atoms. The summed E-state index contributed by atoms with van der Waals surface area (Å²) in [6, 6.07) is 1.73. The molecule has 1 amide bonds. The number of carboxylic acid groups (broad SMARTS) is 1. The predicted molar refractivity (Wildman–Crippen MR) is 75.5 cm³/mol. The van der Waals surface area contributed by atoms with E-state index in [0.29, 0.717) is 24.5 Å². The first-order valence-corrected chi connectivity index (χ1v) is 7.40. The number of amides is 1. The second-order valence-corrected chi connectivity index (χ2v) is 5.79. The summed E-state index contributed by atoms with van der Waals surface area (Å²) in [5, 5.41) is 9.38. The molecule has 1 saturated heterocycles. The van der Waals surface area contributed by atoms with E-state index in [1.54, 1.807) is 0 Å². The first-order chi connectivity index (χ1) is 10.0. The minimum absolute atomic E-state index is 0.0668. The highest BCUT2D eigenvalue weighted by atomic mass is 16.5. The maximum absolute atomic E-state index is 12.7. The third-order valence-electron chi connectivity index (χ3n) is 4.47. The molecule has 1 aromatic heterocycles. The van der Waals surface area contributed by atoms with Crippen molar-refractivity contribution in [3.8, 4) is 0 Å². The van der Waals surface area contributed by atoms with E-state index in [9.17, 15) is 14.7 Å². The number of fused-ring (bicyclic) bond motifs is 1. The van der Waals surface area contributed by atoms with Gasteiger partial charge < -0.3 is 19.3 Å². The number of carbonyl (C=O) groups excluding carboxylic acids is 1. The number of hydrogen-bond acceptors (Lipinski definition) is 3. The summed E-state index contributed by atoms with van der Waals surface area (Å²) < 4.78 is 7.35. The van der Waals surface area contributed by atoms with Crippen LogP contribution in [-0.2, 0) is 11.3 Å². The summed E-state index contributed by atoms with van der Waals surface area (Å²) >= 11 is 0. The fraction of sp³-hybridized carbons (Fsp3) is 0.600. The molecule has 1 fully saturated rings. The highest BCUT2D eigenvalue weighted by Crippen LogP contribution is 2.30. The first-order valence-electron chi connectivity index (χ1n) is 7.40. The van der Waals surface area contributed by atoms with Crippen LogP contribution in [0.25, 0.3) is 0 Å². The van der Waals surface area contributed by atoms with Gasteiger partial charge in [-0.3, -0.25) is 4.79 Å². The molecule has 2 aliphatic heterocycles. The summed E-state index contributed by atoms with van der Waals surface area (Å²) in [6.45, 7) is 5.63. The van der Waals surface area contributed by atoms with E-state index in [-0.39, 0.29) is 23.6 Å². The molecule has 114 valence electrons. The third kappa shape index (κ3) is 2.23. The van der Waals surface area contributed by atoms with Gasteiger partial charge in [0, 0.05) is 19.1 Å². The molecule has 0 aromatic carbocycles. The Morgan fingerprint density at radius 1 is 1.33 bits per heavy atom. The summed E-state index contributed by atoms with van der Waals surface area (Å²) in [7, 11) is 0. The fourth-order valence-electron chi connectivity index (χ4n) is 3.37. The molecule has 21 heavy (non-hydrogen) atoms. The van der Waals surface area contributed by atoms with Gasteiger partial charge in [0.15, 0.2) is 0 Å². The number of hydrogen-bond donors (Lipinski definition) is 1. The molecule has 2 aliphatic rings. The van der Waals surface area contributed by atoms with E-state index in [0.717, 1.165) is 19.4 Å². The van der Waals surface area contributed by atoms with Crippen LogP contribution in [0.4, 0.5) is 0 Å². The maximum atomic E-state index is 12.7. The number of aromatic carboxylic acids is 1. The zero-order valence-corrected chi connectivity index (χ0v) is 12.3. The number of nitrogens with zero attached hydrogens (tertiary/aromatic N) is 2. The van der Waals surface area contributed by atoms with Crippen LogP contribution in [0.5, 0.6) is 0 Å². The molecule has 1 aromatic rings. The predicted octanol–water partition coefficient (Wildman–Crippen LogP) is 1.90. The average Bonchev–Trinajstić information content (AvgIpc) is 3.02. The van der Waals surface area contributed by atoms with E-state index in [2.05, 4.69) is 0 Å².